The molecular formula is C17H17N3OS. The molecule has 1 atom stereocenters. The van der Waals surface area contributed by atoms with E-state index >= 15 is 0 Å². The smallest absolute Gasteiger partial charge is 0.203 e. The first kappa shape index (κ1) is 14.7. The maximum Gasteiger partial charge on any atom is 0.203 e. The van der Waals surface area contributed by atoms with Gasteiger partial charge in [0.2, 0.25) is 5.16 Å². The summed E-state index contributed by atoms with van der Waals surface area (Å²) >= 11 is 0. The third kappa shape index (κ3) is 2.85. The summed E-state index contributed by atoms with van der Waals surface area (Å²) in [6.45, 7) is 4.04. The minimum absolute atomic E-state index is 0.461. The van der Waals surface area contributed by atoms with Crippen molar-refractivity contribution in [1.29, 1.82) is 0 Å². The minimum Gasteiger partial charge on any atom is -0.291 e. The zero-order chi connectivity index (χ0) is 15.5. The first-order valence-electron chi connectivity index (χ1n) is 7.04. The van der Waals surface area contributed by atoms with Gasteiger partial charge in [0.25, 0.3) is 0 Å². The predicted molar refractivity (Wildman–Crippen MR) is 87.4 cm³/mol. The molecular weight excluding hydrogens is 294 g/mol. The van der Waals surface area contributed by atoms with Crippen LogP contribution in [0.15, 0.2) is 60.3 Å². The van der Waals surface area contributed by atoms with Crippen molar-refractivity contribution in [3.05, 3.63) is 71.8 Å². The van der Waals surface area contributed by atoms with Crippen LogP contribution in [0.3, 0.4) is 0 Å². The van der Waals surface area contributed by atoms with E-state index in [1.54, 1.807) is 18.6 Å². The first-order valence-corrected chi connectivity index (χ1v) is 8.36. The summed E-state index contributed by atoms with van der Waals surface area (Å²) in [4.78, 5) is 8.45. The monoisotopic (exact) mass is 311 g/mol. The van der Waals surface area contributed by atoms with Gasteiger partial charge in [-0.3, -0.25) is 13.8 Å². The minimum atomic E-state index is -1.21. The van der Waals surface area contributed by atoms with Crippen molar-refractivity contribution in [3.63, 3.8) is 0 Å². The van der Waals surface area contributed by atoms with Crippen molar-refractivity contribution in [2.24, 2.45) is 0 Å². The number of nitrogens with zero attached hydrogens (tertiary/aromatic N) is 3. The summed E-state index contributed by atoms with van der Waals surface area (Å²) in [5.41, 5.74) is 4.21. The molecule has 0 bridgehead atoms. The second-order valence-corrected chi connectivity index (χ2v) is 6.50. The fourth-order valence-corrected chi connectivity index (χ4v) is 3.62. The van der Waals surface area contributed by atoms with E-state index in [1.807, 2.05) is 54.9 Å². The number of rotatable bonds is 4. The van der Waals surface area contributed by atoms with Crippen molar-refractivity contribution in [3.8, 4) is 5.69 Å². The maximum absolute atomic E-state index is 12.7. The van der Waals surface area contributed by atoms with E-state index in [1.165, 1.54) is 0 Å². The van der Waals surface area contributed by atoms with Crippen LogP contribution < -0.4 is 0 Å². The average molecular weight is 311 g/mol. The lowest BCUT2D eigenvalue weighted by Gasteiger charge is -2.10. The van der Waals surface area contributed by atoms with E-state index in [2.05, 4.69) is 9.97 Å². The Morgan fingerprint density at radius 3 is 2.68 bits per heavy atom. The molecule has 2 aromatic heterocycles. The molecule has 1 unspecified atom stereocenters. The van der Waals surface area contributed by atoms with Crippen LogP contribution in [0.1, 0.15) is 16.7 Å². The van der Waals surface area contributed by atoms with Crippen LogP contribution in [0.4, 0.5) is 0 Å². The molecule has 0 saturated carbocycles. The van der Waals surface area contributed by atoms with E-state index in [4.69, 9.17) is 0 Å². The zero-order valence-electron chi connectivity index (χ0n) is 12.6. The lowest BCUT2D eigenvalue weighted by Crippen LogP contribution is -2.07. The molecule has 3 rings (SSSR count). The predicted octanol–water partition coefficient (Wildman–Crippen LogP) is 3.19. The fourth-order valence-electron chi connectivity index (χ4n) is 2.33. The quantitative estimate of drug-likeness (QED) is 0.743. The van der Waals surface area contributed by atoms with Crippen molar-refractivity contribution < 1.29 is 4.21 Å². The molecule has 0 fully saturated rings. The molecule has 22 heavy (non-hydrogen) atoms. The van der Waals surface area contributed by atoms with Gasteiger partial charge in [-0.1, -0.05) is 24.3 Å². The van der Waals surface area contributed by atoms with Crippen molar-refractivity contribution in [2.75, 3.05) is 0 Å². The van der Waals surface area contributed by atoms with Gasteiger partial charge in [-0.15, -0.1) is 0 Å². The van der Waals surface area contributed by atoms with Gasteiger partial charge >= 0.3 is 0 Å². The zero-order valence-corrected chi connectivity index (χ0v) is 13.4. The van der Waals surface area contributed by atoms with E-state index in [0.717, 1.165) is 22.4 Å². The average Bonchev–Trinajstić information content (AvgIpc) is 2.99. The highest BCUT2D eigenvalue weighted by Crippen LogP contribution is 2.19. The van der Waals surface area contributed by atoms with Crippen molar-refractivity contribution in [2.45, 2.75) is 24.8 Å². The first-order chi connectivity index (χ1) is 10.7. The van der Waals surface area contributed by atoms with E-state index in [9.17, 15) is 4.21 Å². The Hall–Kier alpha value is -2.27. The molecule has 4 nitrogen and oxygen atoms in total. The molecule has 0 radical (unpaired) electrons. The highest BCUT2D eigenvalue weighted by molar-refractivity contribution is 7.84. The van der Waals surface area contributed by atoms with E-state index < -0.39 is 10.8 Å². The molecule has 0 aliphatic carbocycles. The highest BCUT2D eigenvalue weighted by Gasteiger charge is 2.15. The molecule has 0 amide bonds. The standard InChI is InChI=1S/C17H17N3OS/c1-13-5-3-4-6-15(13)12-22(21)17-19-9-10-20(17)16-11-18-8-7-14(16)2/h3-11H,12H2,1-2H3. The lowest BCUT2D eigenvalue weighted by atomic mass is 10.1. The van der Waals surface area contributed by atoms with Crippen LogP contribution in [-0.2, 0) is 16.6 Å². The molecule has 1 aromatic carbocycles. The molecule has 2 heterocycles. The number of aromatic nitrogens is 3. The van der Waals surface area contributed by atoms with Gasteiger partial charge in [0.1, 0.15) is 0 Å². The van der Waals surface area contributed by atoms with Gasteiger partial charge in [-0.05, 0) is 36.6 Å². The summed E-state index contributed by atoms with van der Waals surface area (Å²) in [5.74, 6) is 0.461. The van der Waals surface area contributed by atoms with Crippen molar-refractivity contribution in [1.82, 2.24) is 14.5 Å². The van der Waals surface area contributed by atoms with Gasteiger partial charge in [0.15, 0.2) is 0 Å². The third-order valence-corrected chi connectivity index (χ3v) is 4.91. The normalized spacial score (nSPS) is 12.3. The van der Waals surface area contributed by atoms with Crippen LogP contribution in [0.25, 0.3) is 5.69 Å². The van der Waals surface area contributed by atoms with Gasteiger partial charge in [-0.25, -0.2) is 4.98 Å². The van der Waals surface area contributed by atoms with Gasteiger partial charge in [-0.2, -0.15) is 0 Å². The molecule has 112 valence electrons. The number of imidazole rings is 1. The van der Waals surface area contributed by atoms with Crippen molar-refractivity contribution >= 4 is 10.8 Å². The summed E-state index contributed by atoms with van der Waals surface area (Å²) in [7, 11) is -1.21. The third-order valence-electron chi connectivity index (χ3n) is 3.63. The van der Waals surface area contributed by atoms with E-state index in [0.29, 0.717) is 10.9 Å². The highest BCUT2D eigenvalue weighted by atomic mass is 32.2. The van der Waals surface area contributed by atoms with Crippen LogP contribution in [0.2, 0.25) is 0 Å². The Morgan fingerprint density at radius 2 is 1.91 bits per heavy atom. The molecule has 0 N–H and O–H groups in total. The topological polar surface area (TPSA) is 47.8 Å². The van der Waals surface area contributed by atoms with Crippen LogP contribution >= 0.6 is 0 Å². The Morgan fingerprint density at radius 1 is 1.09 bits per heavy atom. The Bertz CT molecular complexity index is 826. The molecule has 0 aliphatic rings. The van der Waals surface area contributed by atoms with Crippen LogP contribution in [0.5, 0.6) is 0 Å². The summed E-state index contributed by atoms with van der Waals surface area (Å²) in [6, 6.07) is 9.93. The number of aryl methyl sites for hydroxylation is 2. The van der Waals surface area contributed by atoms with Crippen LogP contribution in [0, 0.1) is 13.8 Å². The second kappa shape index (κ2) is 6.23. The molecule has 5 heteroatoms. The number of benzene rings is 1. The van der Waals surface area contributed by atoms with Gasteiger partial charge in [0.05, 0.1) is 28.4 Å². The van der Waals surface area contributed by atoms with E-state index in [-0.39, 0.29) is 0 Å². The summed E-state index contributed by atoms with van der Waals surface area (Å²) in [6.07, 6.45) is 7.03. The molecule has 0 aliphatic heterocycles. The SMILES string of the molecule is Cc1ccccc1CS(=O)c1nccn1-c1cnccc1C. The largest absolute Gasteiger partial charge is 0.291 e. The summed E-state index contributed by atoms with van der Waals surface area (Å²) < 4.78 is 14.6. The molecule has 0 spiro atoms. The number of hydrogen-bond donors (Lipinski definition) is 0. The van der Waals surface area contributed by atoms with Crippen LogP contribution in [-0.4, -0.2) is 18.7 Å². The number of hydrogen-bond acceptors (Lipinski definition) is 3. The summed E-state index contributed by atoms with van der Waals surface area (Å²) in [5, 5.41) is 0.555. The second-order valence-electron chi connectivity index (χ2n) is 5.16. The maximum atomic E-state index is 12.7. The van der Waals surface area contributed by atoms with Gasteiger partial charge in [0, 0.05) is 18.6 Å². The Balaban J connectivity index is 1.94. The molecule has 0 saturated heterocycles. The Labute approximate surface area is 132 Å². The number of pyridine rings is 1. The van der Waals surface area contributed by atoms with Gasteiger partial charge < -0.3 is 0 Å². The molecule has 3 aromatic rings. The lowest BCUT2D eigenvalue weighted by molar-refractivity contribution is 0.671. The Kier molecular flexibility index (Phi) is 4.15. The fraction of sp³-hybridized carbons (Fsp3) is 0.176.